The maximum absolute atomic E-state index is 9.53. The van der Waals surface area contributed by atoms with Crippen molar-refractivity contribution in [2.45, 2.75) is 13.5 Å². The van der Waals surface area contributed by atoms with E-state index in [2.05, 4.69) is 27.9 Å². The molecule has 1 aliphatic rings. The number of aromatic nitrogens is 2. The van der Waals surface area contributed by atoms with Crippen molar-refractivity contribution in [2.75, 3.05) is 25.9 Å². The first-order valence-corrected chi connectivity index (χ1v) is 10.1. The van der Waals surface area contributed by atoms with Crippen LogP contribution >= 0.6 is 11.6 Å². The van der Waals surface area contributed by atoms with Crippen molar-refractivity contribution in [2.24, 2.45) is 5.92 Å². The van der Waals surface area contributed by atoms with Crippen LogP contribution in [0.3, 0.4) is 0 Å². The van der Waals surface area contributed by atoms with E-state index in [1.807, 2.05) is 30.3 Å². The normalized spacial score (nSPS) is 14.2. The molecule has 6 nitrogen and oxygen atoms in total. The van der Waals surface area contributed by atoms with Crippen molar-refractivity contribution in [3.05, 3.63) is 58.9 Å². The van der Waals surface area contributed by atoms with Gasteiger partial charge in [-0.15, -0.1) is 0 Å². The number of nitrogens with zero attached hydrogens (tertiary/aromatic N) is 4. The molecule has 0 saturated carbocycles. The maximum Gasteiger partial charge on any atom is 0.237 e. The third-order valence-electron chi connectivity index (χ3n) is 5.29. The van der Waals surface area contributed by atoms with Gasteiger partial charge >= 0.3 is 0 Å². The molecule has 2 aromatic carbocycles. The Hall–Kier alpha value is -3.14. The van der Waals surface area contributed by atoms with Crippen molar-refractivity contribution in [3.8, 4) is 34.3 Å². The van der Waals surface area contributed by atoms with E-state index in [0.717, 1.165) is 35.8 Å². The SMILES string of the molecule is COc1nc(-c2cccc(-c3cccc(N)c3C#N)c2Cl)cnc1CN1CC(C)C1. The van der Waals surface area contributed by atoms with Gasteiger partial charge in [0, 0.05) is 36.3 Å². The van der Waals surface area contributed by atoms with Crippen LogP contribution in [0.1, 0.15) is 18.2 Å². The zero-order chi connectivity index (χ0) is 21.3. The first-order valence-electron chi connectivity index (χ1n) is 9.72. The number of hydrogen-bond donors (Lipinski definition) is 1. The molecular formula is C23H22ClN5O. The van der Waals surface area contributed by atoms with Crippen molar-refractivity contribution in [3.63, 3.8) is 0 Å². The molecule has 3 aromatic rings. The van der Waals surface area contributed by atoms with Crippen LogP contribution in [0.15, 0.2) is 42.6 Å². The van der Waals surface area contributed by atoms with E-state index in [-0.39, 0.29) is 0 Å². The number of ether oxygens (including phenoxy) is 1. The predicted octanol–water partition coefficient (Wildman–Crippen LogP) is 4.38. The zero-order valence-electron chi connectivity index (χ0n) is 16.9. The lowest BCUT2D eigenvalue weighted by atomic mass is 9.96. The third-order valence-corrected chi connectivity index (χ3v) is 5.70. The van der Waals surface area contributed by atoms with Gasteiger partial charge in [-0.2, -0.15) is 5.26 Å². The lowest BCUT2D eigenvalue weighted by molar-refractivity contribution is 0.102. The highest BCUT2D eigenvalue weighted by Gasteiger charge is 2.24. The Morgan fingerprint density at radius 2 is 1.90 bits per heavy atom. The third kappa shape index (κ3) is 3.70. The standard InChI is InChI=1S/C23H22ClN5O/c1-14-11-29(12-14)13-21-23(30-2)28-20(10-27-21)17-7-3-6-16(22(17)24)15-5-4-8-19(26)18(15)9-25/h3-8,10,14H,11-13,26H2,1-2H3. The molecule has 0 atom stereocenters. The lowest BCUT2D eigenvalue weighted by Crippen LogP contribution is -2.44. The number of halogens is 1. The molecule has 0 radical (unpaired) electrons. The molecule has 0 amide bonds. The van der Waals surface area contributed by atoms with Crippen LogP contribution in [0.2, 0.25) is 5.02 Å². The second-order valence-corrected chi connectivity index (χ2v) is 7.94. The minimum atomic E-state index is 0.402. The molecule has 30 heavy (non-hydrogen) atoms. The molecule has 1 aromatic heterocycles. The van der Waals surface area contributed by atoms with Crippen LogP contribution in [0.4, 0.5) is 5.69 Å². The fourth-order valence-corrected chi connectivity index (χ4v) is 4.15. The summed E-state index contributed by atoms with van der Waals surface area (Å²) in [5.41, 5.74) is 10.3. The van der Waals surface area contributed by atoms with E-state index < -0.39 is 0 Å². The topological polar surface area (TPSA) is 88.1 Å². The fourth-order valence-electron chi connectivity index (χ4n) is 3.82. The Balaban J connectivity index is 1.73. The van der Waals surface area contributed by atoms with Crippen molar-refractivity contribution in [1.29, 1.82) is 5.26 Å². The van der Waals surface area contributed by atoms with Crippen LogP contribution in [-0.4, -0.2) is 35.1 Å². The summed E-state index contributed by atoms with van der Waals surface area (Å²) in [6.45, 7) is 5.06. The van der Waals surface area contributed by atoms with E-state index in [4.69, 9.17) is 22.1 Å². The molecule has 0 aliphatic carbocycles. The summed E-state index contributed by atoms with van der Waals surface area (Å²) in [5, 5.41) is 10.0. The summed E-state index contributed by atoms with van der Waals surface area (Å²) in [7, 11) is 1.60. The number of methoxy groups -OCH3 is 1. The van der Waals surface area contributed by atoms with E-state index in [9.17, 15) is 5.26 Å². The Morgan fingerprint density at radius 1 is 1.20 bits per heavy atom. The number of likely N-dealkylation sites (tertiary alicyclic amines) is 1. The number of nitrogens with two attached hydrogens (primary N) is 1. The zero-order valence-corrected chi connectivity index (χ0v) is 17.6. The molecule has 0 bridgehead atoms. The van der Waals surface area contributed by atoms with Gasteiger partial charge in [-0.25, -0.2) is 4.98 Å². The Labute approximate surface area is 180 Å². The van der Waals surface area contributed by atoms with Crippen LogP contribution in [-0.2, 0) is 6.54 Å². The second-order valence-electron chi connectivity index (χ2n) is 7.56. The van der Waals surface area contributed by atoms with Gasteiger partial charge in [-0.05, 0) is 12.0 Å². The molecule has 2 N–H and O–H groups in total. The van der Waals surface area contributed by atoms with Gasteiger partial charge in [0.05, 0.1) is 35.3 Å². The van der Waals surface area contributed by atoms with Crippen molar-refractivity contribution >= 4 is 17.3 Å². The van der Waals surface area contributed by atoms with Gasteiger partial charge in [-0.3, -0.25) is 9.88 Å². The predicted molar refractivity (Wildman–Crippen MR) is 118 cm³/mol. The first-order chi connectivity index (χ1) is 14.5. The van der Waals surface area contributed by atoms with Crippen LogP contribution in [0.5, 0.6) is 5.88 Å². The van der Waals surface area contributed by atoms with E-state index in [1.165, 1.54) is 0 Å². The minimum absolute atomic E-state index is 0.402. The fraction of sp³-hybridized carbons (Fsp3) is 0.261. The van der Waals surface area contributed by atoms with Gasteiger partial charge in [-0.1, -0.05) is 48.9 Å². The quantitative estimate of drug-likeness (QED) is 0.617. The van der Waals surface area contributed by atoms with E-state index in [0.29, 0.717) is 40.0 Å². The van der Waals surface area contributed by atoms with Crippen LogP contribution < -0.4 is 10.5 Å². The Bertz CT molecular complexity index is 1130. The number of nitriles is 1. The largest absolute Gasteiger partial charge is 0.480 e. The van der Waals surface area contributed by atoms with E-state index >= 15 is 0 Å². The highest BCUT2D eigenvalue weighted by Crippen LogP contribution is 2.38. The van der Waals surface area contributed by atoms with Gasteiger partial charge in [0.25, 0.3) is 0 Å². The average Bonchev–Trinajstić information content (AvgIpc) is 2.73. The number of rotatable bonds is 5. The van der Waals surface area contributed by atoms with Crippen LogP contribution in [0, 0.1) is 17.2 Å². The molecule has 1 saturated heterocycles. The highest BCUT2D eigenvalue weighted by molar-refractivity contribution is 6.36. The monoisotopic (exact) mass is 419 g/mol. The maximum atomic E-state index is 9.53. The summed E-state index contributed by atoms with van der Waals surface area (Å²) in [6.07, 6.45) is 1.72. The molecule has 1 aliphatic heterocycles. The van der Waals surface area contributed by atoms with Gasteiger partial charge in [0.2, 0.25) is 5.88 Å². The molecule has 152 valence electrons. The highest BCUT2D eigenvalue weighted by atomic mass is 35.5. The van der Waals surface area contributed by atoms with Crippen molar-refractivity contribution < 1.29 is 4.74 Å². The molecule has 0 spiro atoms. The second kappa shape index (κ2) is 8.31. The Kier molecular flexibility index (Phi) is 5.58. The molecule has 1 fully saturated rings. The summed E-state index contributed by atoms with van der Waals surface area (Å²) >= 11 is 6.76. The molecule has 2 heterocycles. The minimum Gasteiger partial charge on any atom is -0.480 e. The molecule has 7 heteroatoms. The van der Waals surface area contributed by atoms with E-state index in [1.54, 1.807) is 19.4 Å². The van der Waals surface area contributed by atoms with Crippen molar-refractivity contribution in [1.82, 2.24) is 14.9 Å². The molecular weight excluding hydrogens is 398 g/mol. The number of hydrogen-bond acceptors (Lipinski definition) is 6. The van der Waals surface area contributed by atoms with Gasteiger partial charge in [0.15, 0.2) is 0 Å². The summed E-state index contributed by atoms with van der Waals surface area (Å²) in [4.78, 5) is 11.6. The smallest absolute Gasteiger partial charge is 0.237 e. The summed E-state index contributed by atoms with van der Waals surface area (Å²) in [5.74, 6) is 1.21. The lowest BCUT2D eigenvalue weighted by Gasteiger charge is -2.36. The number of nitrogen functional groups attached to an aromatic ring is 1. The summed E-state index contributed by atoms with van der Waals surface area (Å²) in [6, 6.07) is 13.1. The molecule has 4 rings (SSSR count). The average molecular weight is 420 g/mol. The Morgan fingerprint density at radius 3 is 2.60 bits per heavy atom. The number of benzene rings is 2. The first kappa shape index (κ1) is 20.1. The summed E-state index contributed by atoms with van der Waals surface area (Å²) < 4.78 is 5.51. The van der Waals surface area contributed by atoms with Crippen LogP contribution in [0.25, 0.3) is 22.4 Å². The number of anilines is 1. The van der Waals surface area contributed by atoms with Gasteiger partial charge in [0.1, 0.15) is 11.8 Å². The molecule has 0 unspecified atom stereocenters. The van der Waals surface area contributed by atoms with Gasteiger partial charge < -0.3 is 10.5 Å².